The minimum atomic E-state index is -0.400. The lowest BCUT2D eigenvalue weighted by Gasteiger charge is -2.26. The third-order valence-corrected chi connectivity index (χ3v) is 10.3. The molecule has 0 saturated carbocycles. The fourth-order valence-electron chi connectivity index (χ4n) is 7.58. The van der Waals surface area contributed by atoms with Crippen LogP contribution in [-0.4, -0.2) is 59.8 Å². The van der Waals surface area contributed by atoms with Gasteiger partial charge in [-0.2, -0.15) is 0 Å². The molecule has 3 aliphatic rings. The van der Waals surface area contributed by atoms with Gasteiger partial charge in [0.1, 0.15) is 12.2 Å². The summed E-state index contributed by atoms with van der Waals surface area (Å²) in [7, 11) is 0. The molecule has 0 unspecified atom stereocenters. The zero-order chi connectivity index (χ0) is 33.0. The van der Waals surface area contributed by atoms with E-state index >= 15 is 0 Å². The minimum Gasteiger partial charge on any atom is -0.460 e. The van der Waals surface area contributed by atoms with E-state index in [1.54, 1.807) is 0 Å². The average Bonchev–Trinajstić information content (AvgIpc) is 3.78. The Morgan fingerprint density at radius 1 is 0.761 bits per heavy atom. The molecule has 0 aromatic rings. The normalized spacial score (nSPS) is 25.9. The molecule has 0 spiro atoms. The maximum Gasteiger partial charge on any atom is 0.334 e. The van der Waals surface area contributed by atoms with Gasteiger partial charge in [-0.3, -0.25) is 4.79 Å². The maximum absolute atomic E-state index is 11.8. The summed E-state index contributed by atoms with van der Waals surface area (Å²) in [5.41, 5.74) is 0.864. The molecule has 0 aliphatic carbocycles. The molecule has 266 valence electrons. The van der Waals surface area contributed by atoms with E-state index in [9.17, 15) is 14.7 Å². The molecule has 7 atom stereocenters. The summed E-state index contributed by atoms with van der Waals surface area (Å²) < 4.78 is 23.7. The SMILES string of the molecule is CCCCCCCCCC[C@H](OC(C)=O)[C@H]1CC[C@H]([C@H]2CC[C@H]([C@H](O)CCCCCCCCCCCCC3=C[C@H](C)OC3=O)O2)O1. The molecule has 0 aromatic heterocycles. The molecule has 3 aliphatic heterocycles. The fraction of sp³-hybridized carbons (Fsp3) is 0.897. The Kier molecular flexibility index (Phi) is 19.5. The van der Waals surface area contributed by atoms with Crippen LogP contribution in [0.3, 0.4) is 0 Å². The highest BCUT2D eigenvalue weighted by Gasteiger charge is 2.41. The Morgan fingerprint density at radius 3 is 1.80 bits per heavy atom. The van der Waals surface area contributed by atoms with Gasteiger partial charge in [0.05, 0.1) is 30.5 Å². The number of esters is 2. The van der Waals surface area contributed by atoms with Crippen molar-refractivity contribution in [2.45, 2.75) is 224 Å². The van der Waals surface area contributed by atoms with E-state index in [-0.39, 0.29) is 48.6 Å². The standard InChI is InChI=1S/C39H68O7/c1-4-5-6-7-8-15-18-21-24-35(44-31(3)40)36-27-28-38(46-36)37-26-25-34(45-37)33(41)23-20-17-14-12-10-9-11-13-16-19-22-32-29-30(2)43-39(32)42/h29-30,33-38,41H,4-28H2,1-3H3/t30-,33+,34+,35-,36+,37+,38+/m0/s1. The third-order valence-electron chi connectivity index (χ3n) is 10.3. The summed E-state index contributed by atoms with van der Waals surface area (Å²) >= 11 is 0. The van der Waals surface area contributed by atoms with Crippen molar-refractivity contribution in [2.24, 2.45) is 0 Å². The van der Waals surface area contributed by atoms with Crippen LogP contribution < -0.4 is 0 Å². The first kappa shape index (κ1) is 39.0. The first-order chi connectivity index (χ1) is 22.4. The van der Waals surface area contributed by atoms with Crippen LogP contribution in [0.2, 0.25) is 0 Å². The van der Waals surface area contributed by atoms with Crippen LogP contribution in [0.4, 0.5) is 0 Å². The average molecular weight is 649 g/mol. The molecule has 1 N–H and O–H groups in total. The summed E-state index contributed by atoms with van der Waals surface area (Å²) in [5.74, 6) is -0.342. The van der Waals surface area contributed by atoms with E-state index in [4.69, 9.17) is 18.9 Å². The van der Waals surface area contributed by atoms with E-state index < -0.39 is 6.10 Å². The Labute approximate surface area is 280 Å². The van der Waals surface area contributed by atoms with E-state index in [0.29, 0.717) is 0 Å². The number of hydrogen-bond donors (Lipinski definition) is 1. The third kappa shape index (κ3) is 15.2. The van der Waals surface area contributed by atoms with Crippen LogP contribution in [0.5, 0.6) is 0 Å². The lowest BCUT2D eigenvalue weighted by Crippen LogP contribution is -2.34. The highest BCUT2D eigenvalue weighted by Crippen LogP contribution is 2.35. The number of rotatable bonds is 26. The van der Waals surface area contributed by atoms with Crippen LogP contribution in [0.1, 0.15) is 181 Å². The quantitative estimate of drug-likeness (QED) is 0.0738. The molecule has 0 bridgehead atoms. The van der Waals surface area contributed by atoms with Crippen LogP contribution >= 0.6 is 0 Å². The number of ether oxygens (including phenoxy) is 4. The van der Waals surface area contributed by atoms with Crippen LogP contribution in [0.15, 0.2) is 11.6 Å². The largest absolute Gasteiger partial charge is 0.460 e. The van der Waals surface area contributed by atoms with Gasteiger partial charge < -0.3 is 24.1 Å². The van der Waals surface area contributed by atoms with E-state index in [0.717, 1.165) is 69.8 Å². The highest BCUT2D eigenvalue weighted by atomic mass is 16.6. The predicted molar refractivity (Wildman–Crippen MR) is 184 cm³/mol. The first-order valence-electron chi connectivity index (χ1n) is 19.4. The molecule has 46 heavy (non-hydrogen) atoms. The number of carbonyl (C=O) groups excluding carboxylic acids is 2. The lowest BCUT2D eigenvalue weighted by atomic mass is 10.00. The van der Waals surface area contributed by atoms with E-state index in [1.807, 2.05) is 13.0 Å². The number of carbonyl (C=O) groups is 2. The number of aliphatic hydroxyl groups is 1. The fourth-order valence-corrected chi connectivity index (χ4v) is 7.58. The van der Waals surface area contributed by atoms with Crippen molar-refractivity contribution in [2.75, 3.05) is 0 Å². The Hall–Kier alpha value is -1.44. The Bertz CT molecular complexity index is 872. The lowest BCUT2D eigenvalue weighted by molar-refractivity contribution is -0.158. The zero-order valence-electron chi connectivity index (χ0n) is 29.7. The molecule has 0 radical (unpaired) electrons. The van der Waals surface area contributed by atoms with E-state index in [2.05, 4.69) is 6.92 Å². The minimum absolute atomic E-state index is 0.0331. The molecule has 0 aromatic carbocycles. The van der Waals surface area contributed by atoms with Crippen molar-refractivity contribution in [1.82, 2.24) is 0 Å². The number of unbranched alkanes of at least 4 members (excludes halogenated alkanes) is 16. The summed E-state index contributed by atoms with van der Waals surface area (Å²) in [6.45, 7) is 5.67. The highest BCUT2D eigenvalue weighted by molar-refractivity contribution is 5.90. The second-order valence-corrected chi connectivity index (χ2v) is 14.4. The number of aliphatic hydroxyl groups excluding tert-OH is 1. The first-order valence-corrected chi connectivity index (χ1v) is 19.4. The molecule has 7 heteroatoms. The molecular weight excluding hydrogens is 580 g/mol. The van der Waals surface area contributed by atoms with Gasteiger partial charge in [0.25, 0.3) is 0 Å². The molecule has 2 fully saturated rings. The Morgan fingerprint density at radius 2 is 1.26 bits per heavy atom. The van der Waals surface area contributed by atoms with Crippen molar-refractivity contribution >= 4 is 11.9 Å². The molecule has 3 heterocycles. The van der Waals surface area contributed by atoms with Crippen molar-refractivity contribution < 1.29 is 33.6 Å². The molecule has 0 amide bonds. The van der Waals surface area contributed by atoms with E-state index in [1.165, 1.54) is 103 Å². The monoisotopic (exact) mass is 648 g/mol. The summed E-state index contributed by atoms with van der Waals surface area (Å²) in [5, 5.41) is 10.8. The van der Waals surface area contributed by atoms with Crippen molar-refractivity contribution in [3.05, 3.63) is 11.6 Å². The maximum atomic E-state index is 11.8. The predicted octanol–water partition coefficient (Wildman–Crippen LogP) is 9.46. The van der Waals surface area contributed by atoms with Crippen LogP contribution in [-0.2, 0) is 28.5 Å². The second-order valence-electron chi connectivity index (χ2n) is 14.4. The van der Waals surface area contributed by atoms with Crippen molar-refractivity contribution in [3.63, 3.8) is 0 Å². The van der Waals surface area contributed by atoms with Crippen molar-refractivity contribution in [3.8, 4) is 0 Å². The molecule has 2 saturated heterocycles. The van der Waals surface area contributed by atoms with Gasteiger partial charge in [-0.05, 0) is 70.8 Å². The second kappa shape index (κ2) is 23.0. The Balaban J connectivity index is 1.18. The zero-order valence-corrected chi connectivity index (χ0v) is 29.7. The summed E-state index contributed by atoms with van der Waals surface area (Å²) in [4.78, 5) is 23.5. The van der Waals surface area contributed by atoms with Crippen LogP contribution in [0, 0.1) is 0 Å². The van der Waals surface area contributed by atoms with Gasteiger partial charge >= 0.3 is 11.9 Å². The summed E-state index contributed by atoms with van der Waals surface area (Å²) in [6.07, 6.45) is 29.6. The van der Waals surface area contributed by atoms with Gasteiger partial charge in [-0.15, -0.1) is 0 Å². The number of hydrogen-bond acceptors (Lipinski definition) is 7. The smallest absolute Gasteiger partial charge is 0.334 e. The van der Waals surface area contributed by atoms with Gasteiger partial charge in [-0.25, -0.2) is 4.79 Å². The van der Waals surface area contributed by atoms with Gasteiger partial charge in [0.2, 0.25) is 0 Å². The van der Waals surface area contributed by atoms with Crippen molar-refractivity contribution in [1.29, 1.82) is 0 Å². The number of cyclic esters (lactones) is 1. The van der Waals surface area contributed by atoms with Gasteiger partial charge in [-0.1, -0.05) is 110 Å². The van der Waals surface area contributed by atoms with Crippen LogP contribution in [0.25, 0.3) is 0 Å². The molecule has 3 rings (SSSR count). The topological polar surface area (TPSA) is 91.3 Å². The van der Waals surface area contributed by atoms with Gasteiger partial charge in [0, 0.05) is 12.5 Å². The van der Waals surface area contributed by atoms with Gasteiger partial charge in [0.15, 0.2) is 0 Å². The molecular formula is C39H68O7. The summed E-state index contributed by atoms with van der Waals surface area (Å²) in [6, 6.07) is 0. The molecule has 7 nitrogen and oxygen atoms in total.